The van der Waals surface area contributed by atoms with Crippen LogP contribution < -0.4 is 26.0 Å². The number of ether oxygens (including phenoxy) is 4. The van der Waals surface area contributed by atoms with E-state index in [-0.39, 0.29) is 85.6 Å². The van der Waals surface area contributed by atoms with Crippen LogP contribution >= 0.6 is 11.6 Å². The molecular formula is C66H90ClN7O10S. The Morgan fingerprint density at radius 3 is 2.26 bits per heavy atom. The number of para-hydroxylation sites is 1. The third-order valence-electron chi connectivity index (χ3n) is 20.3. The summed E-state index contributed by atoms with van der Waals surface area (Å²) in [7, 11) is -3.60. The summed E-state index contributed by atoms with van der Waals surface area (Å²) in [5.41, 5.74) is 6.57. The number of aliphatic hydroxyl groups excluding tert-OH is 1. The topological polar surface area (TPSA) is 220 Å². The van der Waals surface area contributed by atoms with Crippen molar-refractivity contribution in [1.82, 2.24) is 25.5 Å². The van der Waals surface area contributed by atoms with Crippen molar-refractivity contribution in [1.29, 1.82) is 0 Å². The number of piperidine rings is 1. The average Bonchev–Trinajstić information content (AvgIpc) is 0.938. The maximum Gasteiger partial charge on any atom is 0.319 e. The van der Waals surface area contributed by atoms with Gasteiger partial charge in [0.2, 0.25) is 17.6 Å². The number of likely N-dealkylation sites (tertiary alicyclic amines) is 1. The minimum absolute atomic E-state index is 0.0254. The van der Waals surface area contributed by atoms with E-state index >= 15 is 0 Å². The monoisotopic (exact) mass is 1210 g/mol. The Morgan fingerprint density at radius 2 is 1.54 bits per heavy atom. The highest BCUT2D eigenvalue weighted by atomic mass is 35.5. The molecule has 0 bridgehead atoms. The minimum Gasteiger partial charge on any atom is -0.504 e. The molecule has 0 spiro atoms. The van der Waals surface area contributed by atoms with Crippen molar-refractivity contribution in [3.8, 4) is 5.75 Å². The number of fused-ring (bicyclic) bond motifs is 7. The summed E-state index contributed by atoms with van der Waals surface area (Å²) in [6.07, 6.45) is 16.6. The lowest BCUT2D eigenvalue weighted by Gasteiger charge is -2.70. The van der Waals surface area contributed by atoms with Crippen LogP contribution in [0.1, 0.15) is 150 Å². The van der Waals surface area contributed by atoms with Gasteiger partial charge >= 0.3 is 6.03 Å². The zero-order valence-corrected chi connectivity index (χ0v) is 53.3. The number of nitrogens with zero attached hydrogens (tertiary/aromatic N) is 3. The number of urea groups is 1. The number of aryl methyl sites for hydroxylation is 1. The molecule has 85 heavy (non-hydrogen) atoms. The van der Waals surface area contributed by atoms with Crippen molar-refractivity contribution in [2.24, 2.45) is 33.0 Å². The Bertz CT molecular complexity index is 3280. The molecule has 0 radical (unpaired) electrons. The molecule has 9 rings (SSSR count). The van der Waals surface area contributed by atoms with Gasteiger partial charge in [-0.2, -0.15) is 4.98 Å². The molecule has 2 heterocycles. The van der Waals surface area contributed by atoms with E-state index in [0.29, 0.717) is 87.7 Å². The molecular weight excluding hydrogens is 1120 g/mol. The van der Waals surface area contributed by atoms with Crippen LogP contribution in [-0.2, 0) is 33.6 Å². The molecule has 3 saturated carbocycles. The molecule has 4 fully saturated rings. The van der Waals surface area contributed by atoms with Crippen LogP contribution in [0.3, 0.4) is 0 Å². The molecule has 0 unspecified atom stereocenters. The zero-order chi connectivity index (χ0) is 61.3. The standard InChI is InChI=1S/C66H90ClN7O10S/c1-41(2)84-53-36-47(43(5)35-51(53)72-60-69-39-49(67)58(73-60)71-50-15-12-13-16-54(50)85(79,80)42(3)4)45-19-28-74(29-20-45)61(78)70-40-83-34-33-82-32-31-81-30-14-27-68-59(77)63(8)22-21-62(7)23-25-65(10)55-18-17-46-44(6)57(76)52(75)37-48(46)64(55,9)24-26-66(65,11)56(62)38-63/h12-13,15-18,35-37,39,41-42,45,56,76H,14,19-34,38,40H2,1-11H3,(H,68,77)(H,70,78)(H2,69,71,72,73)/t56-,62-,63-,64+,65-,66+/m1/s1. The van der Waals surface area contributed by atoms with Crippen molar-refractivity contribution in [2.75, 3.05) is 70.0 Å². The zero-order valence-electron chi connectivity index (χ0n) is 51.8. The van der Waals surface area contributed by atoms with E-state index < -0.39 is 20.5 Å². The Balaban J connectivity index is 0.658. The first-order chi connectivity index (χ1) is 40.2. The number of aliphatic hydroxyl groups is 1. The lowest BCUT2D eigenvalue weighted by Crippen LogP contribution is -2.62. The highest BCUT2D eigenvalue weighted by molar-refractivity contribution is 7.92. The minimum atomic E-state index is -3.60. The summed E-state index contributed by atoms with van der Waals surface area (Å²) in [5, 5.41) is 22.7. The van der Waals surface area contributed by atoms with Gasteiger partial charge in [0, 0.05) is 42.6 Å². The Morgan fingerprint density at radius 1 is 0.847 bits per heavy atom. The van der Waals surface area contributed by atoms with Gasteiger partial charge in [-0.3, -0.25) is 9.59 Å². The van der Waals surface area contributed by atoms with Crippen molar-refractivity contribution >= 4 is 62.3 Å². The number of anilines is 4. The number of carbonyl (C=O) groups is 3. The molecule has 2 aromatic carbocycles. The van der Waals surface area contributed by atoms with E-state index in [1.807, 2.05) is 31.7 Å². The number of benzene rings is 2. The lowest BCUT2D eigenvalue weighted by atomic mass is 9.34. The summed E-state index contributed by atoms with van der Waals surface area (Å²) in [4.78, 5) is 51.2. The second kappa shape index (κ2) is 25.5. The van der Waals surface area contributed by atoms with Crippen LogP contribution in [0.25, 0.3) is 0 Å². The number of halogens is 1. The van der Waals surface area contributed by atoms with Crippen LogP contribution in [0.5, 0.6) is 5.75 Å². The average molecular weight is 1210 g/mol. The van der Waals surface area contributed by atoms with E-state index in [0.717, 1.165) is 80.1 Å². The fraction of sp³-hybridized carbons (Fsp3) is 0.591. The molecule has 6 atom stereocenters. The first-order valence-corrected chi connectivity index (χ1v) is 32.5. The summed E-state index contributed by atoms with van der Waals surface area (Å²) in [5.74, 6) is 1.35. The number of aromatic nitrogens is 2. The lowest BCUT2D eigenvalue weighted by molar-refractivity contribution is -0.169. The first-order valence-electron chi connectivity index (χ1n) is 30.6. The van der Waals surface area contributed by atoms with Gasteiger partial charge in [0.1, 0.15) is 17.5 Å². The van der Waals surface area contributed by atoms with Crippen LogP contribution in [0.15, 0.2) is 93.8 Å². The number of carbonyl (C=O) groups excluding carboxylic acids is 3. The summed E-state index contributed by atoms with van der Waals surface area (Å²) in [6.45, 7) is 26.8. The van der Waals surface area contributed by atoms with Crippen LogP contribution in [0, 0.1) is 39.9 Å². The number of allylic oxidation sites excluding steroid dienone is 7. The van der Waals surface area contributed by atoms with Crippen molar-refractivity contribution in [2.45, 2.75) is 163 Å². The van der Waals surface area contributed by atoms with Gasteiger partial charge in [0.15, 0.2) is 21.4 Å². The molecule has 19 heteroatoms. The van der Waals surface area contributed by atoms with E-state index in [2.05, 4.69) is 91.0 Å². The molecule has 462 valence electrons. The predicted molar refractivity (Wildman–Crippen MR) is 332 cm³/mol. The van der Waals surface area contributed by atoms with Crippen LogP contribution in [0.4, 0.5) is 27.9 Å². The third-order valence-corrected chi connectivity index (χ3v) is 22.7. The predicted octanol–water partition coefficient (Wildman–Crippen LogP) is 12.9. The highest BCUT2D eigenvalue weighted by Crippen LogP contribution is 2.75. The Kier molecular flexibility index (Phi) is 19.1. The normalized spacial score (nSPS) is 26.8. The van der Waals surface area contributed by atoms with Crippen molar-refractivity contribution < 1.29 is 46.9 Å². The number of amides is 3. The van der Waals surface area contributed by atoms with Gasteiger partial charge in [-0.05, 0) is 186 Å². The second-order valence-corrected chi connectivity index (χ2v) is 29.2. The summed E-state index contributed by atoms with van der Waals surface area (Å²) >= 11 is 6.53. The second-order valence-electron chi connectivity index (χ2n) is 26.3. The van der Waals surface area contributed by atoms with Gasteiger partial charge in [-0.15, -0.1) is 0 Å². The number of sulfone groups is 1. The van der Waals surface area contributed by atoms with E-state index in [1.54, 1.807) is 44.2 Å². The fourth-order valence-electron chi connectivity index (χ4n) is 14.8. The Hall–Kier alpha value is -5.79. The van der Waals surface area contributed by atoms with Gasteiger partial charge in [-0.25, -0.2) is 18.2 Å². The van der Waals surface area contributed by atoms with Crippen LogP contribution in [-0.4, -0.2) is 117 Å². The van der Waals surface area contributed by atoms with Gasteiger partial charge in [-0.1, -0.05) is 76.1 Å². The first kappa shape index (κ1) is 63.7. The maximum atomic E-state index is 14.1. The fourth-order valence-corrected chi connectivity index (χ4v) is 16.2. The van der Waals surface area contributed by atoms with Gasteiger partial charge in [0.25, 0.3) is 0 Å². The third kappa shape index (κ3) is 12.8. The molecule has 1 aromatic heterocycles. The van der Waals surface area contributed by atoms with E-state index in [9.17, 15) is 27.9 Å². The quantitative estimate of drug-likeness (QED) is 0.0467. The molecule has 1 saturated heterocycles. The Labute approximate surface area is 508 Å². The maximum absolute atomic E-state index is 14.1. The number of hydrogen-bond acceptors (Lipinski definition) is 14. The number of hydrogen-bond donors (Lipinski definition) is 5. The number of rotatable bonds is 22. The molecule has 1 aliphatic heterocycles. The summed E-state index contributed by atoms with van der Waals surface area (Å²) in [6, 6.07) is 10.6. The van der Waals surface area contributed by atoms with Crippen molar-refractivity contribution in [3.05, 3.63) is 105 Å². The number of ketones is 1. The molecule has 3 aromatic rings. The SMILES string of the molecule is CC1=C(O)C(=O)C=C2C1=CC=C1[C@@]2(C)CC[C@@]2(C)[C@@H]3C[C@](C)(C(=O)NCCCOCCOCCOCNC(=O)N4CCC(c5cc(OC(C)C)c(Nc6ncc(Cl)c(Nc7ccccc7S(=O)(=O)C(C)C)n6)cc5C)CC4)CC[C@]3(C)CC[C@]12C. The summed E-state index contributed by atoms with van der Waals surface area (Å²) < 4.78 is 49.8. The molecule has 17 nitrogen and oxygen atoms in total. The molecule has 3 amide bonds. The van der Waals surface area contributed by atoms with Crippen molar-refractivity contribution in [3.63, 3.8) is 0 Å². The number of nitrogens with one attached hydrogen (secondary N) is 4. The molecule has 5 N–H and O–H groups in total. The van der Waals surface area contributed by atoms with Crippen LogP contribution in [0.2, 0.25) is 5.02 Å². The largest absolute Gasteiger partial charge is 0.504 e. The van der Waals surface area contributed by atoms with Gasteiger partial charge in [0.05, 0.1) is 60.2 Å². The molecule has 6 aliphatic rings. The van der Waals surface area contributed by atoms with E-state index in [4.69, 9.17) is 30.5 Å². The van der Waals surface area contributed by atoms with E-state index in [1.165, 1.54) is 11.8 Å². The van der Waals surface area contributed by atoms with Gasteiger partial charge < -0.3 is 50.2 Å². The molecule has 5 aliphatic carbocycles. The highest BCUT2D eigenvalue weighted by Gasteiger charge is 2.67. The smallest absolute Gasteiger partial charge is 0.319 e.